The number of benzene rings is 1. The van der Waals surface area contributed by atoms with Gasteiger partial charge in [-0.25, -0.2) is 0 Å². The van der Waals surface area contributed by atoms with Crippen molar-refractivity contribution in [1.82, 2.24) is 0 Å². The zero-order valence-electron chi connectivity index (χ0n) is 9.40. The Balaban J connectivity index is 1.68. The molecule has 0 radical (unpaired) electrons. The summed E-state index contributed by atoms with van der Waals surface area (Å²) in [6, 6.07) is 11.2. The molecule has 0 nitrogen and oxygen atoms in total. The molecule has 16 heavy (non-hydrogen) atoms. The predicted octanol–water partition coefficient (Wildman–Crippen LogP) is 4.35. The summed E-state index contributed by atoms with van der Waals surface area (Å²) in [5.41, 5.74) is 2.24. The molecule has 4 rings (SSSR count). The zero-order valence-corrected chi connectivity index (χ0v) is 11.0. The highest BCUT2D eigenvalue weighted by Gasteiger charge is 2.69. The molecule has 1 spiro atoms. The van der Waals surface area contributed by atoms with Crippen LogP contribution in [-0.4, -0.2) is 4.83 Å². The summed E-state index contributed by atoms with van der Waals surface area (Å²) in [7, 11) is 0. The Morgan fingerprint density at radius 3 is 2.62 bits per heavy atom. The van der Waals surface area contributed by atoms with E-state index in [-0.39, 0.29) is 0 Å². The number of hydrogen-bond donors (Lipinski definition) is 0. The molecule has 0 N–H and O–H groups in total. The summed E-state index contributed by atoms with van der Waals surface area (Å²) in [5.74, 6) is 2.86. The lowest BCUT2D eigenvalue weighted by Gasteiger charge is -2.28. The molecule has 5 atom stereocenters. The summed E-state index contributed by atoms with van der Waals surface area (Å²) in [5, 5.41) is 0. The summed E-state index contributed by atoms with van der Waals surface area (Å²) in [6.45, 7) is 0. The average Bonchev–Trinajstić information content (AvgIpc) is 2.77. The second-order valence-corrected chi connectivity index (χ2v) is 6.94. The molecule has 2 bridgehead atoms. The third-order valence-electron chi connectivity index (χ3n) is 5.41. The third-order valence-corrected chi connectivity index (χ3v) is 7.01. The van der Waals surface area contributed by atoms with E-state index in [0.717, 1.165) is 22.6 Å². The predicted molar refractivity (Wildman–Crippen MR) is 69.8 cm³/mol. The Morgan fingerprint density at radius 2 is 1.94 bits per heavy atom. The van der Waals surface area contributed by atoms with Crippen LogP contribution in [0.25, 0.3) is 0 Å². The number of alkyl halides is 1. The highest BCUT2D eigenvalue weighted by Crippen LogP contribution is 2.76. The first-order valence-corrected chi connectivity index (χ1v) is 7.43. The first-order valence-electron chi connectivity index (χ1n) is 6.51. The SMILES string of the molecule is BrC1C2CCC(C2)C12CC2c1ccccc1. The highest BCUT2D eigenvalue weighted by atomic mass is 79.9. The van der Waals surface area contributed by atoms with Crippen molar-refractivity contribution in [3.63, 3.8) is 0 Å². The molecular weight excluding hydrogens is 260 g/mol. The molecule has 0 saturated heterocycles. The van der Waals surface area contributed by atoms with Gasteiger partial charge in [0, 0.05) is 4.83 Å². The molecule has 1 aromatic carbocycles. The monoisotopic (exact) mass is 276 g/mol. The number of rotatable bonds is 1. The lowest BCUT2D eigenvalue weighted by atomic mass is 9.82. The van der Waals surface area contributed by atoms with Gasteiger partial charge in [0.25, 0.3) is 0 Å². The fourth-order valence-electron chi connectivity index (χ4n) is 4.60. The maximum absolute atomic E-state index is 4.02. The fourth-order valence-corrected chi connectivity index (χ4v) is 5.96. The summed E-state index contributed by atoms with van der Waals surface area (Å²) >= 11 is 4.02. The standard InChI is InChI=1S/C15H17Br/c16-14-11-6-7-12(8-11)15(14)9-13(15)10-4-2-1-3-5-10/h1-5,11-14H,6-9H2. The van der Waals surface area contributed by atoms with E-state index in [1.807, 2.05) is 0 Å². The van der Waals surface area contributed by atoms with E-state index in [1.54, 1.807) is 5.56 Å². The molecule has 0 aromatic heterocycles. The number of halogens is 1. The van der Waals surface area contributed by atoms with Crippen molar-refractivity contribution < 1.29 is 0 Å². The van der Waals surface area contributed by atoms with E-state index in [2.05, 4.69) is 46.3 Å². The molecule has 3 aliphatic carbocycles. The van der Waals surface area contributed by atoms with Crippen LogP contribution in [0.3, 0.4) is 0 Å². The van der Waals surface area contributed by atoms with Crippen molar-refractivity contribution in [3.05, 3.63) is 35.9 Å². The molecule has 84 valence electrons. The molecule has 5 unspecified atom stereocenters. The van der Waals surface area contributed by atoms with E-state index < -0.39 is 0 Å². The Hall–Kier alpha value is -0.300. The van der Waals surface area contributed by atoms with Crippen LogP contribution < -0.4 is 0 Å². The van der Waals surface area contributed by atoms with Crippen molar-refractivity contribution in [2.75, 3.05) is 0 Å². The van der Waals surface area contributed by atoms with Gasteiger partial charge in [-0.05, 0) is 54.4 Å². The molecule has 3 aliphatic rings. The van der Waals surface area contributed by atoms with Gasteiger partial charge in [0.1, 0.15) is 0 Å². The van der Waals surface area contributed by atoms with Crippen molar-refractivity contribution in [2.24, 2.45) is 17.3 Å². The highest BCUT2D eigenvalue weighted by molar-refractivity contribution is 9.09. The smallest absolute Gasteiger partial charge is 0.0239 e. The van der Waals surface area contributed by atoms with E-state index in [0.29, 0.717) is 5.41 Å². The Labute approximate surface area is 106 Å². The largest absolute Gasteiger partial charge is 0.0881 e. The molecule has 3 saturated carbocycles. The van der Waals surface area contributed by atoms with E-state index >= 15 is 0 Å². The second-order valence-electron chi connectivity index (χ2n) is 5.95. The zero-order chi connectivity index (χ0) is 10.8. The van der Waals surface area contributed by atoms with Crippen LogP contribution in [-0.2, 0) is 0 Å². The van der Waals surface area contributed by atoms with Crippen LogP contribution in [0.15, 0.2) is 30.3 Å². The van der Waals surface area contributed by atoms with Gasteiger partial charge < -0.3 is 0 Å². The lowest BCUT2D eigenvalue weighted by molar-refractivity contribution is 0.313. The van der Waals surface area contributed by atoms with Gasteiger partial charge in [0.15, 0.2) is 0 Å². The topological polar surface area (TPSA) is 0 Å². The van der Waals surface area contributed by atoms with Crippen LogP contribution in [0, 0.1) is 17.3 Å². The maximum atomic E-state index is 4.02. The minimum Gasteiger partial charge on any atom is -0.0881 e. The second kappa shape index (κ2) is 3.13. The van der Waals surface area contributed by atoms with Gasteiger partial charge in [-0.2, -0.15) is 0 Å². The lowest BCUT2D eigenvalue weighted by Crippen LogP contribution is -2.25. The van der Waals surface area contributed by atoms with Crippen LogP contribution in [0.5, 0.6) is 0 Å². The summed E-state index contributed by atoms with van der Waals surface area (Å²) in [4.78, 5) is 0.809. The van der Waals surface area contributed by atoms with Crippen molar-refractivity contribution in [2.45, 2.75) is 36.4 Å². The molecule has 1 aromatic rings. The molecule has 0 aliphatic heterocycles. The fraction of sp³-hybridized carbons (Fsp3) is 0.600. The van der Waals surface area contributed by atoms with Crippen LogP contribution in [0.4, 0.5) is 0 Å². The number of fused-ring (bicyclic) bond motifs is 3. The van der Waals surface area contributed by atoms with E-state index in [4.69, 9.17) is 0 Å². The minimum atomic E-state index is 0.657. The number of hydrogen-bond acceptors (Lipinski definition) is 0. The molecular formula is C15H17Br. The van der Waals surface area contributed by atoms with E-state index in [9.17, 15) is 0 Å². The van der Waals surface area contributed by atoms with Crippen LogP contribution >= 0.6 is 15.9 Å². The van der Waals surface area contributed by atoms with Crippen molar-refractivity contribution in [3.8, 4) is 0 Å². The van der Waals surface area contributed by atoms with Gasteiger partial charge in [-0.3, -0.25) is 0 Å². The third kappa shape index (κ3) is 1.06. The molecule has 0 heterocycles. The maximum Gasteiger partial charge on any atom is 0.0239 e. The summed E-state index contributed by atoms with van der Waals surface area (Å²) < 4.78 is 0. The van der Waals surface area contributed by atoms with Crippen LogP contribution in [0.2, 0.25) is 0 Å². The van der Waals surface area contributed by atoms with E-state index in [1.165, 1.54) is 25.7 Å². The Bertz CT molecular complexity index is 409. The molecule has 3 fully saturated rings. The summed E-state index contributed by atoms with van der Waals surface area (Å²) in [6.07, 6.45) is 5.91. The van der Waals surface area contributed by atoms with Crippen LogP contribution in [0.1, 0.15) is 37.2 Å². The first kappa shape index (κ1) is 9.70. The molecule has 0 amide bonds. The van der Waals surface area contributed by atoms with Crippen molar-refractivity contribution >= 4 is 15.9 Å². The average molecular weight is 277 g/mol. The minimum absolute atomic E-state index is 0.657. The normalized spacial score (nSPS) is 48.8. The van der Waals surface area contributed by atoms with Gasteiger partial charge in [-0.15, -0.1) is 0 Å². The Morgan fingerprint density at radius 1 is 1.12 bits per heavy atom. The Kier molecular flexibility index (Phi) is 1.90. The molecule has 1 heteroatoms. The van der Waals surface area contributed by atoms with Crippen molar-refractivity contribution in [1.29, 1.82) is 0 Å². The van der Waals surface area contributed by atoms with Gasteiger partial charge in [0.05, 0.1) is 0 Å². The quantitative estimate of drug-likeness (QED) is 0.669. The van der Waals surface area contributed by atoms with Gasteiger partial charge in [-0.1, -0.05) is 46.3 Å². The first-order chi connectivity index (χ1) is 7.82. The van der Waals surface area contributed by atoms with Gasteiger partial charge >= 0.3 is 0 Å². The van der Waals surface area contributed by atoms with Gasteiger partial charge in [0.2, 0.25) is 0 Å².